The third-order valence-corrected chi connectivity index (χ3v) is 4.55. The van der Waals surface area contributed by atoms with Crippen LogP contribution in [-0.2, 0) is 6.54 Å². The first-order valence-electron chi connectivity index (χ1n) is 7.33. The molecule has 0 aliphatic rings. The molecule has 6 heteroatoms. The Bertz CT molecular complexity index is 766. The van der Waals surface area contributed by atoms with E-state index in [0.29, 0.717) is 27.6 Å². The molecular formula is C16H18ClN3OS. The third kappa shape index (κ3) is 3.82. The first-order chi connectivity index (χ1) is 10.6. The van der Waals surface area contributed by atoms with Gasteiger partial charge in [0.1, 0.15) is 0 Å². The summed E-state index contributed by atoms with van der Waals surface area (Å²) in [6.07, 6.45) is 3.07. The summed E-state index contributed by atoms with van der Waals surface area (Å²) in [4.78, 5) is 17.3. The van der Waals surface area contributed by atoms with Gasteiger partial charge in [-0.25, -0.2) is 4.98 Å². The molecule has 1 aromatic carbocycles. The molecule has 1 unspecified atom stereocenters. The van der Waals surface area contributed by atoms with Gasteiger partial charge in [0.15, 0.2) is 5.16 Å². The quantitative estimate of drug-likeness (QED) is 0.450. The lowest BCUT2D eigenvalue weighted by molar-refractivity contribution is 0.541. The van der Waals surface area contributed by atoms with Crippen molar-refractivity contribution < 1.29 is 0 Å². The molecule has 0 N–H and O–H groups in total. The highest BCUT2D eigenvalue weighted by molar-refractivity contribution is 8.00. The lowest BCUT2D eigenvalue weighted by Crippen LogP contribution is -2.24. The van der Waals surface area contributed by atoms with Crippen molar-refractivity contribution in [2.75, 3.05) is 0 Å². The Morgan fingerprint density at radius 2 is 2.23 bits per heavy atom. The lowest BCUT2D eigenvalue weighted by Gasteiger charge is -2.13. The van der Waals surface area contributed by atoms with E-state index in [1.54, 1.807) is 29.7 Å². The first-order valence-corrected chi connectivity index (χ1v) is 8.59. The van der Waals surface area contributed by atoms with E-state index in [2.05, 4.69) is 18.0 Å². The summed E-state index contributed by atoms with van der Waals surface area (Å²) >= 11 is 7.30. The maximum absolute atomic E-state index is 12.7. The fourth-order valence-electron chi connectivity index (χ4n) is 2.17. The third-order valence-electron chi connectivity index (χ3n) is 3.33. The molecule has 2 aromatic rings. The second-order valence-electron chi connectivity index (χ2n) is 5.11. The van der Waals surface area contributed by atoms with Crippen LogP contribution in [-0.4, -0.2) is 14.8 Å². The molecule has 0 radical (unpaired) electrons. The summed E-state index contributed by atoms with van der Waals surface area (Å²) < 4.78 is 1.68. The molecule has 0 saturated carbocycles. The summed E-state index contributed by atoms with van der Waals surface area (Å²) in [7, 11) is 0. The van der Waals surface area contributed by atoms with Gasteiger partial charge in [0.05, 0.1) is 22.2 Å². The molecule has 4 nitrogen and oxygen atoms in total. The molecule has 0 saturated heterocycles. The van der Waals surface area contributed by atoms with Crippen molar-refractivity contribution in [3.63, 3.8) is 0 Å². The number of fused-ring (bicyclic) bond motifs is 1. The second kappa shape index (κ2) is 7.66. The van der Waals surface area contributed by atoms with Crippen LogP contribution in [0.15, 0.2) is 28.2 Å². The van der Waals surface area contributed by atoms with Gasteiger partial charge >= 0.3 is 0 Å². The van der Waals surface area contributed by atoms with Crippen molar-refractivity contribution >= 4 is 34.3 Å². The van der Waals surface area contributed by atoms with Gasteiger partial charge in [0.2, 0.25) is 0 Å². The van der Waals surface area contributed by atoms with Crippen LogP contribution in [0.2, 0.25) is 5.02 Å². The average Bonchev–Trinajstić information content (AvgIpc) is 2.50. The Morgan fingerprint density at radius 1 is 1.45 bits per heavy atom. The number of unbranched alkanes of at least 4 members (excludes halogenated alkanes) is 2. The van der Waals surface area contributed by atoms with Crippen LogP contribution in [0.4, 0.5) is 0 Å². The number of thioether (sulfide) groups is 1. The Labute approximate surface area is 139 Å². The molecule has 0 aliphatic carbocycles. The molecule has 0 spiro atoms. The second-order valence-corrected chi connectivity index (χ2v) is 6.85. The van der Waals surface area contributed by atoms with Crippen molar-refractivity contribution in [1.29, 1.82) is 5.26 Å². The SMILES string of the molecule is CCCCCn1c(SC(C)C#N)nc2cc(Cl)ccc2c1=O. The molecule has 1 atom stereocenters. The number of rotatable bonds is 6. The fourth-order valence-corrected chi connectivity index (χ4v) is 3.15. The van der Waals surface area contributed by atoms with Gasteiger partial charge in [0, 0.05) is 11.6 Å². The summed E-state index contributed by atoms with van der Waals surface area (Å²) in [6, 6.07) is 7.27. The number of aromatic nitrogens is 2. The maximum atomic E-state index is 12.7. The van der Waals surface area contributed by atoms with Crippen molar-refractivity contribution in [3.8, 4) is 6.07 Å². The highest BCUT2D eigenvalue weighted by Gasteiger charge is 2.14. The topological polar surface area (TPSA) is 58.7 Å². The van der Waals surface area contributed by atoms with Gasteiger partial charge in [-0.3, -0.25) is 9.36 Å². The Hall–Kier alpha value is -1.51. The van der Waals surface area contributed by atoms with Crippen LogP contribution in [0, 0.1) is 11.3 Å². The minimum absolute atomic E-state index is 0.0644. The smallest absolute Gasteiger partial charge is 0.262 e. The number of nitriles is 1. The Kier molecular flexibility index (Phi) is 5.87. The van der Waals surface area contributed by atoms with Gasteiger partial charge in [-0.1, -0.05) is 43.1 Å². The number of hydrogen-bond donors (Lipinski definition) is 0. The first kappa shape index (κ1) is 16.9. The summed E-state index contributed by atoms with van der Waals surface area (Å²) in [5.41, 5.74) is 0.516. The molecule has 116 valence electrons. The molecule has 2 rings (SSSR count). The van der Waals surface area contributed by atoms with E-state index in [-0.39, 0.29) is 10.8 Å². The average molecular weight is 336 g/mol. The zero-order valence-corrected chi connectivity index (χ0v) is 14.2. The predicted octanol–water partition coefficient (Wildman–Crippen LogP) is 4.24. The van der Waals surface area contributed by atoms with E-state index in [1.165, 1.54) is 11.8 Å². The number of benzene rings is 1. The minimum atomic E-state index is -0.263. The maximum Gasteiger partial charge on any atom is 0.262 e. The lowest BCUT2D eigenvalue weighted by atomic mass is 10.2. The van der Waals surface area contributed by atoms with E-state index in [4.69, 9.17) is 16.9 Å². The molecule has 0 aliphatic heterocycles. The number of nitrogens with zero attached hydrogens (tertiary/aromatic N) is 3. The van der Waals surface area contributed by atoms with E-state index in [0.717, 1.165) is 19.3 Å². The molecule has 1 aromatic heterocycles. The van der Waals surface area contributed by atoms with E-state index < -0.39 is 0 Å². The zero-order valence-electron chi connectivity index (χ0n) is 12.7. The van der Waals surface area contributed by atoms with E-state index >= 15 is 0 Å². The van der Waals surface area contributed by atoms with E-state index in [9.17, 15) is 4.79 Å². The van der Waals surface area contributed by atoms with Gasteiger partial charge in [-0.05, 0) is 31.5 Å². The van der Waals surface area contributed by atoms with E-state index in [1.807, 2.05) is 0 Å². The van der Waals surface area contributed by atoms with Crippen LogP contribution < -0.4 is 5.56 Å². The normalized spacial score (nSPS) is 12.3. The Balaban J connectivity index is 2.54. The minimum Gasteiger partial charge on any atom is -0.287 e. The summed E-state index contributed by atoms with van der Waals surface area (Å²) in [5.74, 6) is 0. The van der Waals surface area contributed by atoms with Crippen LogP contribution >= 0.6 is 23.4 Å². The van der Waals surface area contributed by atoms with Gasteiger partial charge in [-0.15, -0.1) is 0 Å². The van der Waals surface area contributed by atoms with Crippen LogP contribution in [0.1, 0.15) is 33.1 Å². The standard InChI is InChI=1S/C16H18ClN3OS/c1-3-4-5-8-20-15(21)13-7-6-12(17)9-14(13)19-16(20)22-11(2)10-18/h6-7,9,11H,3-5,8H2,1-2H3. The largest absolute Gasteiger partial charge is 0.287 e. The monoisotopic (exact) mass is 335 g/mol. The van der Waals surface area contributed by atoms with Gasteiger partial charge in [-0.2, -0.15) is 5.26 Å². The van der Waals surface area contributed by atoms with Gasteiger partial charge in [0.25, 0.3) is 5.56 Å². The molecule has 0 bridgehead atoms. The molecule has 1 heterocycles. The fraction of sp³-hybridized carbons (Fsp3) is 0.438. The number of halogens is 1. The molecule has 22 heavy (non-hydrogen) atoms. The summed E-state index contributed by atoms with van der Waals surface area (Å²) in [5, 5.41) is 10.5. The molecular weight excluding hydrogens is 318 g/mol. The zero-order chi connectivity index (χ0) is 16.1. The van der Waals surface area contributed by atoms with Crippen LogP contribution in [0.5, 0.6) is 0 Å². The Morgan fingerprint density at radius 3 is 2.91 bits per heavy atom. The number of hydrogen-bond acceptors (Lipinski definition) is 4. The molecule has 0 amide bonds. The van der Waals surface area contributed by atoms with Crippen molar-refractivity contribution in [2.45, 2.75) is 50.1 Å². The predicted molar refractivity (Wildman–Crippen MR) is 91.5 cm³/mol. The van der Waals surface area contributed by atoms with Crippen molar-refractivity contribution in [3.05, 3.63) is 33.6 Å². The summed E-state index contributed by atoms with van der Waals surface area (Å²) in [6.45, 7) is 4.55. The van der Waals surface area contributed by atoms with Gasteiger partial charge < -0.3 is 0 Å². The van der Waals surface area contributed by atoms with Crippen molar-refractivity contribution in [1.82, 2.24) is 9.55 Å². The van der Waals surface area contributed by atoms with Crippen LogP contribution in [0.3, 0.4) is 0 Å². The molecule has 0 fully saturated rings. The van der Waals surface area contributed by atoms with Crippen LogP contribution in [0.25, 0.3) is 10.9 Å². The highest BCUT2D eigenvalue weighted by Crippen LogP contribution is 2.23. The highest BCUT2D eigenvalue weighted by atomic mass is 35.5. The van der Waals surface area contributed by atoms with Crippen molar-refractivity contribution in [2.24, 2.45) is 0 Å².